The molecule has 22 heavy (non-hydrogen) atoms. The zero-order valence-electron chi connectivity index (χ0n) is 12.8. The van der Waals surface area contributed by atoms with Crippen LogP contribution in [0.2, 0.25) is 0 Å². The topological polar surface area (TPSA) is 56.7 Å². The average Bonchev–Trinajstić information content (AvgIpc) is 3.20. The molecule has 2 aromatic heterocycles. The Bertz CT molecular complexity index is 686. The number of nitrogens with zero attached hydrogens (tertiary/aromatic N) is 4. The van der Waals surface area contributed by atoms with Crippen LogP contribution in [-0.2, 0) is 13.0 Å². The second kappa shape index (κ2) is 7.02. The molecule has 0 aliphatic heterocycles. The van der Waals surface area contributed by atoms with E-state index in [4.69, 9.17) is 4.52 Å². The summed E-state index contributed by atoms with van der Waals surface area (Å²) in [6.45, 7) is 3.00. The summed E-state index contributed by atoms with van der Waals surface area (Å²) < 4.78 is 7.34. The Morgan fingerprint density at radius 2 is 2.00 bits per heavy atom. The highest BCUT2D eigenvalue weighted by molar-refractivity contribution is 5.54. The normalized spacial score (nSPS) is 11.0. The zero-order chi connectivity index (χ0) is 15.2. The van der Waals surface area contributed by atoms with Crippen LogP contribution in [0.15, 0.2) is 47.5 Å². The molecule has 114 valence electrons. The lowest BCUT2D eigenvalue weighted by Gasteiger charge is -2.02. The molecule has 0 aliphatic rings. The lowest BCUT2D eigenvalue weighted by atomic mass is 10.1. The van der Waals surface area contributed by atoms with Gasteiger partial charge in [0.2, 0.25) is 11.7 Å². The Balaban J connectivity index is 1.65. The summed E-state index contributed by atoms with van der Waals surface area (Å²) in [5.74, 6) is 1.40. The highest BCUT2D eigenvalue weighted by Gasteiger charge is 2.08. The Morgan fingerprint density at radius 3 is 2.73 bits per heavy atom. The van der Waals surface area contributed by atoms with Crippen LogP contribution < -0.4 is 0 Å². The van der Waals surface area contributed by atoms with Gasteiger partial charge in [0.1, 0.15) is 0 Å². The number of unbranched alkanes of at least 4 members (excludes halogenated alkanes) is 2. The molecular weight excluding hydrogens is 276 g/mol. The number of hydrogen-bond acceptors (Lipinski definition) is 4. The van der Waals surface area contributed by atoms with Crippen molar-refractivity contribution in [2.75, 3.05) is 0 Å². The van der Waals surface area contributed by atoms with Gasteiger partial charge in [-0.05, 0) is 12.0 Å². The van der Waals surface area contributed by atoms with Crippen molar-refractivity contribution in [1.29, 1.82) is 0 Å². The molecule has 3 rings (SSSR count). The minimum absolute atomic E-state index is 0.667. The van der Waals surface area contributed by atoms with Crippen molar-refractivity contribution < 1.29 is 4.52 Å². The molecule has 0 fully saturated rings. The molecule has 0 N–H and O–H groups in total. The molecule has 0 aliphatic carbocycles. The fourth-order valence-corrected chi connectivity index (χ4v) is 2.35. The van der Waals surface area contributed by atoms with Crippen molar-refractivity contribution in [3.8, 4) is 11.4 Å². The molecule has 0 spiro atoms. The maximum absolute atomic E-state index is 5.31. The Labute approximate surface area is 130 Å². The molecule has 2 heterocycles. The molecule has 3 aromatic rings. The number of imidazole rings is 1. The fraction of sp³-hybridized carbons (Fsp3) is 0.353. The van der Waals surface area contributed by atoms with Crippen LogP contribution in [0.3, 0.4) is 0 Å². The first-order valence-corrected chi connectivity index (χ1v) is 7.73. The van der Waals surface area contributed by atoms with E-state index in [1.807, 2.05) is 29.2 Å². The molecular formula is C17H20N4O. The number of aromatic nitrogens is 4. The van der Waals surface area contributed by atoms with Gasteiger partial charge in [0.25, 0.3) is 0 Å². The molecule has 5 heteroatoms. The van der Waals surface area contributed by atoms with Gasteiger partial charge in [-0.2, -0.15) is 4.98 Å². The molecule has 0 unspecified atom stereocenters. The Morgan fingerprint density at radius 1 is 1.14 bits per heavy atom. The van der Waals surface area contributed by atoms with E-state index in [1.165, 1.54) is 18.4 Å². The summed E-state index contributed by atoms with van der Waals surface area (Å²) >= 11 is 0. The third kappa shape index (κ3) is 3.61. The summed E-state index contributed by atoms with van der Waals surface area (Å²) in [5, 5.41) is 4.07. The largest absolute Gasteiger partial charge is 0.339 e. The Kier molecular flexibility index (Phi) is 4.63. The van der Waals surface area contributed by atoms with Crippen LogP contribution in [0.4, 0.5) is 0 Å². The van der Waals surface area contributed by atoms with Crippen LogP contribution in [0.1, 0.15) is 37.6 Å². The van der Waals surface area contributed by atoms with Gasteiger partial charge in [-0.15, -0.1) is 0 Å². The van der Waals surface area contributed by atoms with Crippen molar-refractivity contribution in [3.05, 3.63) is 54.4 Å². The molecule has 0 bridgehead atoms. The molecule has 0 radical (unpaired) electrons. The van der Waals surface area contributed by atoms with Crippen LogP contribution in [-0.4, -0.2) is 19.7 Å². The summed E-state index contributed by atoms with van der Waals surface area (Å²) in [6, 6.07) is 8.24. The minimum atomic E-state index is 0.667. The second-order valence-electron chi connectivity index (χ2n) is 5.40. The highest BCUT2D eigenvalue weighted by Crippen LogP contribution is 2.18. The van der Waals surface area contributed by atoms with E-state index in [1.54, 1.807) is 6.20 Å². The van der Waals surface area contributed by atoms with Crippen LogP contribution in [0, 0.1) is 0 Å². The van der Waals surface area contributed by atoms with E-state index >= 15 is 0 Å². The zero-order valence-corrected chi connectivity index (χ0v) is 12.8. The minimum Gasteiger partial charge on any atom is -0.339 e. The SMILES string of the molecule is CCCCCc1nc(-c2ccc(Cn3ccnc3)cc2)no1. The summed E-state index contributed by atoms with van der Waals surface area (Å²) in [7, 11) is 0. The standard InChI is InChI=1S/C17H20N4O/c1-2-3-4-5-16-19-17(20-22-16)15-8-6-14(7-9-15)12-21-11-10-18-13-21/h6-11,13H,2-5,12H2,1H3. The van der Waals surface area contributed by atoms with Crippen molar-refractivity contribution in [2.24, 2.45) is 0 Å². The first-order valence-electron chi connectivity index (χ1n) is 7.73. The number of hydrogen-bond donors (Lipinski definition) is 0. The Hall–Kier alpha value is -2.43. The van der Waals surface area contributed by atoms with Crippen LogP contribution in [0.5, 0.6) is 0 Å². The number of benzene rings is 1. The van der Waals surface area contributed by atoms with Gasteiger partial charge in [0.15, 0.2) is 0 Å². The molecule has 0 atom stereocenters. The highest BCUT2D eigenvalue weighted by atomic mass is 16.5. The molecule has 1 aromatic carbocycles. The van der Waals surface area contributed by atoms with Gasteiger partial charge in [-0.25, -0.2) is 4.98 Å². The summed E-state index contributed by atoms with van der Waals surface area (Å²) in [4.78, 5) is 8.51. The maximum atomic E-state index is 5.31. The fourth-order valence-electron chi connectivity index (χ4n) is 2.35. The predicted octanol–water partition coefficient (Wildman–Crippen LogP) is 3.71. The van der Waals surface area contributed by atoms with Gasteiger partial charge >= 0.3 is 0 Å². The molecule has 0 amide bonds. The summed E-state index contributed by atoms with van der Waals surface area (Å²) in [6.07, 6.45) is 9.90. The van der Waals surface area contributed by atoms with E-state index in [9.17, 15) is 0 Å². The third-order valence-corrected chi connectivity index (χ3v) is 3.60. The predicted molar refractivity (Wildman–Crippen MR) is 84.3 cm³/mol. The smallest absolute Gasteiger partial charge is 0.226 e. The van der Waals surface area contributed by atoms with E-state index in [2.05, 4.69) is 34.2 Å². The van der Waals surface area contributed by atoms with Gasteiger partial charge < -0.3 is 9.09 Å². The van der Waals surface area contributed by atoms with Gasteiger partial charge in [-0.1, -0.05) is 49.2 Å². The van der Waals surface area contributed by atoms with Crippen molar-refractivity contribution in [2.45, 2.75) is 39.2 Å². The first kappa shape index (κ1) is 14.5. The lowest BCUT2D eigenvalue weighted by molar-refractivity contribution is 0.374. The van der Waals surface area contributed by atoms with Crippen molar-refractivity contribution in [1.82, 2.24) is 19.7 Å². The molecule has 0 saturated heterocycles. The van der Waals surface area contributed by atoms with Crippen LogP contribution in [0.25, 0.3) is 11.4 Å². The van der Waals surface area contributed by atoms with Gasteiger partial charge in [-0.3, -0.25) is 0 Å². The quantitative estimate of drug-likeness (QED) is 0.624. The molecule has 0 saturated carbocycles. The average molecular weight is 296 g/mol. The van der Waals surface area contributed by atoms with Crippen molar-refractivity contribution in [3.63, 3.8) is 0 Å². The van der Waals surface area contributed by atoms with Crippen molar-refractivity contribution >= 4 is 0 Å². The number of aryl methyl sites for hydroxylation is 1. The third-order valence-electron chi connectivity index (χ3n) is 3.60. The van der Waals surface area contributed by atoms with E-state index < -0.39 is 0 Å². The number of rotatable bonds is 7. The maximum Gasteiger partial charge on any atom is 0.226 e. The van der Waals surface area contributed by atoms with Gasteiger partial charge in [0.05, 0.1) is 6.33 Å². The first-order chi connectivity index (χ1) is 10.8. The van der Waals surface area contributed by atoms with E-state index in [0.717, 1.165) is 30.8 Å². The van der Waals surface area contributed by atoms with E-state index in [0.29, 0.717) is 5.82 Å². The second-order valence-corrected chi connectivity index (χ2v) is 5.40. The lowest BCUT2D eigenvalue weighted by Crippen LogP contribution is -1.96. The molecule has 5 nitrogen and oxygen atoms in total. The van der Waals surface area contributed by atoms with E-state index in [-0.39, 0.29) is 0 Å². The summed E-state index contributed by atoms with van der Waals surface area (Å²) in [5.41, 5.74) is 2.20. The van der Waals surface area contributed by atoms with Gasteiger partial charge in [0, 0.05) is 30.9 Å². The van der Waals surface area contributed by atoms with Crippen LogP contribution >= 0.6 is 0 Å². The monoisotopic (exact) mass is 296 g/mol.